The summed E-state index contributed by atoms with van der Waals surface area (Å²) >= 11 is 0. The molecule has 3 aromatic rings. The fraction of sp³-hybridized carbons (Fsp3) is 0.143. The predicted octanol–water partition coefficient (Wildman–Crippen LogP) is 4.42. The Balaban J connectivity index is 1.87. The zero-order chi connectivity index (χ0) is 16.7. The van der Waals surface area contributed by atoms with E-state index in [4.69, 9.17) is 4.42 Å². The number of aryl methyl sites for hydroxylation is 1. The Kier molecular flexibility index (Phi) is 3.42. The topological polar surface area (TPSA) is 47.3 Å². The van der Waals surface area contributed by atoms with Crippen LogP contribution in [0.1, 0.15) is 43.7 Å². The zero-order valence-electron chi connectivity index (χ0n) is 13.2. The summed E-state index contributed by atoms with van der Waals surface area (Å²) in [5.41, 5.74) is 1.93. The van der Waals surface area contributed by atoms with Gasteiger partial charge in [0.1, 0.15) is 11.5 Å². The summed E-state index contributed by atoms with van der Waals surface area (Å²) in [5, 5.41) is 0. The normalized spacial score (nSPS) is 15.5. The molecule has 0 spiro atoms. The minimum Gasteiger partial charge on any atom is -0.466 e. The van der Waals surface area contributed by atoms with Gasteiger partial charge in [-0.15, -0.1) is 0 Å². The smallest absolute Gasteiger partial charge is 0.175 e. The van der Waals surface area contributed by atoms with Gasteiger partial charge in [-0.1, -0.05) is 54.6 Å². The monoisotopic (exact) mass is 316 g/mol. The highest BCUT2D eigenvalue weighted by Gasteiger charge is 2.45. The van der Waals surface area contributed by atoms with E-state index in [0.717, 1.165) is 11.3 Å². The molecule has 0 N–H and O–H groups in total. The Labute approximate surface area is 139 Å². The molecule has 0 saturated heterocycles. The van der Waals surface area contributed by atoms with Gasteiger partial charge in [0.25, 0.3) is 0 Å². The molecule has 24 heavy (non-hydrogen) atoms. The number of benzene rings is 2. The molecule has 118 valence electrons. The van der Waals surface area contributed by atoms with E-state index >= 15 is 0 Å². The van der Waals surface area contributed by atoms with E-state index in [-0.39, 0.29) is 11.6 Å². The van der Waals surface area contributed by atoms with Crippen LogP contribution in [0.2, 0.25) is 0 Å². The molecule has 1 unspecified atom stereocenters. The van der Waals surface area contributed by atoms with Crippen molar-refractivity contribution in [3.05, 3.63) is 94.9 Å². The van der Waals surface area contributed by atoms with Crippen molar-refractivity contribution in [3.8, 4) is 0 Å². The van der Waals surface area contributed by atoms with Gasteiger partial charge in [-0.05, 0) is 24.6 Å². The van der Waals surface area contributed by atoms with Crippen molar-refractivity contribution >= 4 is 11.6 Å². The number of carbonyl (C=O) groups excluding carboxylic acids is 2. The van der Waals surface area contributed by atoms with E-state index in [1.54, 1.807) is 24.3 Å². The highest BCUT2D eigenvalue weighted by atomic mass is 16.3. The van der Waals surface area contributed by atoms with E-state index in [1.807, 2.05) is 49.4 Å². The van der Waals surface area contributed by atoms with Crippen LogP contribution in [0.4, 0.5) is 0 Å². The molecule has 0 fully saturated rings. The Morgan fingerprint density at radius 1 is 0.792 bits per heavy atom. The number of fused-ring (bicyclic) bond motifs is 1. The summed E-state index contributed by atoms with van der Waals surface area (Å²) in [6, 6.07) is 20.4. The lowest BCUT2D eigenvalue weighted by molar-refractivity contribution is 0.0818. The Bertz CT molecular complexity index is 886. The molecule has 2 aromatic carbocycles. The van der Waals surface area contributed by atoms with Crippen molar-refractivity contribution in [2.75, 3.05) is 0 Å². The van der Waals surface area contributed by atoms with E-state index in [9.17, 15) is 9.59 Å². The largest absolute Gasteiger partial charge is 0.466 e. The summed E-state index contributed by atoms with van der Waals surface area (Å²) in [6.45, 7) is 1.86. The first-order valence-corrected chi connectivity index (χ1v) is 7.95. The third-order valence-corrected chi connectivity index (χ3v) is 4.58. The van der Waals surface area contributed by atoms with Crippen molar-refractivity contribution in [2.45, 2.75) is 12.8 Å². The van der Waals surface area contributed by atoms with Crippen LogP contribution in [0.15, 0.2) is 71.1 Å². The van der Waals surface area contributed by atoms with Gasteiger partial charge in [0.15, 0.2) is 11.6 Å². The number of rotatable bonds is 3. The molecule has 0 radical (unpaired) electrons. The minimum absolute atomic E-state index is 0.126. The first-order valence-electron chi connectivity index (χ1n) is 7.95. The fourth-order valence-electron chi connectivity index (χ4n) is 3.47. The number of hydrogen-bond donors (Lipinski definition) is 0. The maximum atomic E-state index is 12.9. The van der Waals surface area contributed by atoms with E-state index in [1.165, 1.54) is 0 Å². The average Bonchev–Trinajstić information content (AvgIpc) is 3.14. The molecular weight excluding hydrogens is 300 g/mol. The third-order valence-electron chi connectivity index (χ3n) is 4.58. The highest BCUT2D eigenvalue weighted by Crippen LogP contribution is 2.41. The maximum Gasteiger partial charge on any atom is 0.175 e. The van der Waals surface area contributed by atoms with Crippen LogP contribution in [0, 0.1) is 12.8 Å². The number of Topliss-reactive ketones (excluding diaryl/α,β-unsaturated/α-hetero) is 2. The maximum absolute atomic E-state index is 12.9. The van der Waals surface area contributed by atoms with Crippen molar-refractivity contribution < 1.29 is 14.0 Å². The number of carbonyl (C=O) groups is 2. The van der Waals surface area contributed by atoms with E-state index in [0.29, 0.717) is 16.9 Å². The van der Waals surface area contributed by atoms with Gasteiger partial charge in [-0.2, -0.15) is 0 Å². The summed E-state index contributed by atoms with van der Waals surface area (Å²) in [7, 11) is 0. The molecule has 1 aromatic heterocycles. The van der Waals surface area contributed by atoms with Crippen LogP contribution >= 0.6 is 0 Å². The zero-order valence-corrected chi connectivity index (χ0v) is 13.2. The Morgan fingerprint density at radius 2 is 1.38 bits per heavy atom. The Hall–Kier alpha value is -2.94. The summed E-state index contributed by atoms with van der Waals surface area (Å²) in [5.74, 6) is -0.0146. The molecule has 0 saturated carbocycles. The van der Waals surface area contributed by atoms with Crippen LogP contribution in [-0.2, 0) is 0 Å². The van der Waals surface area contributed by atoms with Gasteiger partial charge in [-0.25, -0.2) is 0 Å². The predicted molar refractivity (Wildman–Crippen MR) is 90.3 cm³/mol. The molecule has 3 heteroatoms. The SMILES string of the molecule is Cc1ccc(C(c2ccccc2)C2C(=O)c3ccccc3C2=O)o1. The van der Waals surface area contributed by atoms with Gasteiger partial charge in [0, 0.05) is 11.1 Å². The summed E-state index contributed by atoms with van der Waals surface area (Å²) in [6.07, 6.45) is 0. The van der Waals surface area contributed by atoms with E-state index < -0.39 is 11.8 Å². The van der Waals surface area contributed by atoms with Gasteiger partial charge in [0.05, 0.1) is 11.8 Å². The minimum atomic E-state index is -0.768. The lowest BCUT2D eigenvalue weighted by atomic mass is 9.81. The lowest BCUT2D eigenvalue weighted by Crippen LogP contribution is -2.24. The van der Waals surface area contributed by atoms with Gasteiger partial charge < -0.3 is 4.42 Å². The van der Waals surface area contributed by atoms with Crippen LogP contribution in [-0.4, -0.2) is 11.6 Å². The van der Waals surface area contributed by atoms with Gasteiger partial charge >= 0.3 is 0 Å². The van der Waals surface area contributed by atoms with Crippen LogP contribution < -0.4 is 0 Å². The molecule has 4 rings (SSSR count). The highest BCUT2D eigenvalue weighted by molar-refractivity contribution is 6.27. The van der Waals surface area contributed by atoms with Crippen molar-refractivity contribution in [1.29, 1.82) is 0 Å². The van der Waals surface area contributed by atoms with Crippen molar-refractivity contribution in [2.24, 2.45) is 5.92 Å². The Morgan fingerprint density at radius 3 is 1.92 bits per heavy atom. The second kappa shape index (κ2) is 5.60. The second-order valence-corrected chi connectivity index (χ2v) is 6.09. The van der Waals surface area contributed by atoms with E-state index in [2.05, 4.69) is 0 Å². The molecule has 3 nitrogen and oxygen atoms in total. The standard InChI is InChI=1S/C21H16O3/c1-13-11-12-17(24-13)18(14-7-3-2-4-8-14)19-20(22)15-9-5-6-10-16(15)21(19)23/h2-12,18-19H,1H3. The fourth-order valence-corrected chi connectivity index (χ4v) is 3.47. The van der Waals surface area contributed by atoms with Crippen molar-refractivity contribution in [1.82, 2.24) is 0 Å². The van der Waals surface area contributed by atoms with Crippen molar-refractivity contribution in [3.63, 3.8) is 0 Å². The van der Waals surface area contributed by atoms with Gasteiger partial charge in [0.2, 0.25) is 0 Å². The van der Waals surface area contributed by atoms with Crippen LogP contribution in [0.5, 0.6) is 0 Å². The molecule has 0 aliphatic heterocycles. The first-order chi connectivity index (χ1) is 11.7. The average molecular weight is 316 g/mol. The lowest BCUT2D eigenvalue weighted by Gasteiger charge is -2.20. The van der Waals surface area contributed by atoms with Crippen LogP contribution in [0.25, 0.3) is 0 Å². The second-order valence-electron chi connectivity index (χ2n) is 6.09. The van der Waals surface area contributed by atoms with Crippen LogP contribution in [0.3, 0.4) is 0 Å². The first kappa shape index (κ1) is 14.6. The quantitative estimate of drug-likeness (QED) is 0.672. The number of ketones is 2. The summed E-state index contributed by atoms with van der Waals surface area (Å²) in [4.78, 5) is 25.9. The van der Waals surface area contributed by atoms with Gasteiger partial charge in [-0.3, -0.25) is 9.59 Å². The molecule has 1 aliphatic rings. The molecule has 0 amide bonds. The summed E-state index contributed by atoms with van der Waals surface area (Å²) < 4.78 is 5.80. The molecule has 1 heterocycles. The third kappa shape index (κ3) is 2.21. The molecule has 1 aliphatic carbocycles. The molecule has 0 bridgehead atoms. The number of furan rings is 1. The molecular formula is C21H16O3. The number of hydrogen-bond acceptors (Lipinski definition) is 3. The molecule has 1 atom stereocenters.